The van der Waals surface area contributed by atoms with E-state index in [2.05, 4.69) is 28.9 Å². The van der Waals surface area contributed by atoms with Crippen LogP contribution in [0.15, 0.2) is 64.5 Å². The van der Waals surface area contributed by atoms with Crippen LogP contribution in [0.4, 0.5) is 4.39 Å². The van der Waals surface area contributed by atoms with E-state index in [-0.39, 0.29) is 30.2 Å². The number of thiophene rings is 1. The first-order chi connectivity index (χ1) is 16.0. The molecule has 33 heavy (non-hydrogen) atoms. The van der Waals surface area contributed by atoms with Crippen LogP contribution in [0.25, 0.3) is 0 Å². The van der Waals surface area contributed by atoms with Crippen LogP contribution in [0, 0.1) is 5.82 Å². The number of carbonyl (C=O) groups is 2. The van der Waals surface area contributed by atoms with Crippen molar-refractivity contribution in [1.29, 1.82) is 0 Å². The SMILES string of the molecule is CCCCN(CC(=O)N1CCc2sccc2C1c1ccc(F)cc1)C(=O)c1cccc(Br)c1. The third kappa shape index (κ3) is 5.36. The molecule has 2 amide bonds. The largest absolute Gasteiger partial charge is 0.330 e. The van der Waals surface area contributed by atoms with Crippen LogP contribution in [-0.2, 0) is 11.2 Å². The van der Waals surface area contributed by atoms with Crippen molar-refractivity contribution in [3.63, 3.8) is 0 Å². The van der Waals surface area contributed by atoms with E-state index in [1.54, 1.807) is 40.5 Å². The molecule has 7 heteroatoms. The number of hydrogen-bond donors (Lipinski definition) is 0. The predicted molar refractivity (Wildman–Crippen MR) is 133 cm³/mol. The first-order valence-corrected chi connectivity index (χ1v) is 12.8. The molecule has 4 rings (SSSR count). The van der Waals surface area contributed by atoms with E-state index in [0.29, 0.717) is 18.7 Å². The van der Waals surface area contributed by atoms with Crippen molar-refractivity contribution in [1.82, 2.24) is 9.80 Å². The molecule has 0 radical (unpaired) electrons. The Labute approximate surface area is 206 Å². The number of amides is 2. The van der Waals surface area contributed by atoms with Gasteiger partial charge >= 0.3 is 0 Å². The van der Waals surface area contributed by atoms with Crippen LogP contribution in [0.2, 0.25) is 0 Å². The molecule has 172 valence electrons. The summed E-state index contributed by atoms with van der Waals surface area (Å²) in [7, 11) is 0. The second-order valence-electron chi connectivity index (χ2n) is 8.18. The van der Waals surface area contributed by atoms with Gasteiger partial charge in [-0.25, -0.2) is 4.39 Å². The van der Waals surface area contributed by atoms with Crippen LogP contribution in [0.1, 0.15) is 52.2 Å². The monoisotopic (exact) mass is 528 g/mol. The van der Waals surface area contributed by atoms with Crippen LogP contribution < -0.4 is 0 Å². The standard InChI is InChI=1S/C26H26BrFN2O2S/c1-2-3-13-29(26(32)19-5-4-6-20(27)16-19)17-24(31)30-14-11-23-22(12-15-33-23)25(30)18-7-9-21(28)10-8-18/h4-10,12,15-16,25H,2-3,11,13-14,17H2,1H3. The molecule has 1 aromatic heterocycles. The van der Waals surface area contributed by atoms with Crippen molar-refractivity contribution in [3.05, 3.63) is 91.8 Å². The minimum atomic E-state index is -0.302. The lowest BCUT2D eigenvalue weighted by molar-refractivity contribution is -0.134. The molecular weight excluding hydrogens is 503 g/mol. The van der Waals surface area contributed by atoms with Crippen molar-refractivity contribution in [2.45, 2.75) is 32.2 Å². The molecule has 0 saturated carbocycles. The van der Waals surface area contributed by atoms with E-state index < -0.39 is 0 Å². The zero-order chi connectivity index (χ0) is 23.4. The fourth-order valence-electron chi connectivity index (χ4n) is 4.25. The summed E-state index contributed by atoms with van der Waals surface area (Å²) >= 11 is 5.11. The summed E-state index contributed by atoms with van der Waals surface area (Å²) in [5.41, 5.74) is 2.52. The van der Waals surface area contributed by atoms with Crippen molar-refractivity contribution >= 4 is 39.1 Å². The van der Waals surface area contributed by atoms with Gasteiger partial charge in [-0.2, -0.15) is 0 Å². The van der Waals surface area contributed by atoms with Gasteiger partial charge in [0.2, 0.25) is 5.91 Å². The number of fused-ring (bicyclic) bond motifs is 1. The van der Waals surface area contributed by atoms with Crippen molar-refractivity contribution < 1.29 is 14.0 Å². The maximum atomic E-state index is 13.6. The van der Waals surface area contributed by atoms with E-state index in [0.717, 1.165) is 34.9 Å². The van der Waals surface area contributed by atoms with Gasteiger partial charge in [-0.15, -0.1) is 11.3 Å². The second kappa shape index (κ2) is 10.6. The molecule has 1 unspecified atom stereocenters. The summed E-state index contributed by atoms with van der Waals surface area (Å²) in [5, 5.41) is 2.04. The summed E-state index contributed by atoms with van der Waals surface area (Å²) in [5.74, 6) is -0.548. The molecule has 4 nitrogen and oxygen atoms in total. The Hall–Kier alpha value is -2.51. The Morgan fingerprint density at radius 3 is 2.70 bits per heavy atom. The minimum Gasteiger partial charge on any atom is -0.330 e. The van der Waals surface area contributed by atoms with Crippen LogP contribution >= 0.6 is 27.3 Å². The van der Waals surface area contributed by atoms with Gasteiger partial charge in [0.15, 0.2) is 0 Å². The second-order valence-corrected chi connectivity index (χ2v) is 10.1. The number of halogens is 2. The molecule has 2 aromatic carbocycles. The smallest absolute Gasteiger partial charge is 0.254 e. The van der Waals surface area contributed by atoms with Gasteiger partial charge in [-0.1, -0.05) is 47.5 Å². The number of carbonyl (C=O) groups excluding carboxylic acids is 2. The molecule has 0 fully saturated rings. The van der Waals surface area contributed by atoms with Crippen molar-refractivity contribution in [3.8, 4) is 0 Å². The maximum absolute atomic E-state index is 13.6. The Kier molecular flexibility index (Phi) is 7.60. The lowest BCUT2D eigenvalue weighted by Crippen LogP contribution is -2.47. The lowest BCUT2D eigenvalue weighted by atomic mass is 9.93. The molecule has 1 atom stereocenters. The highest BCUT2D eigenvalue weighted by Gasteiger charge is 2.34. The van der Waals surface area contributed by atoms with Crippen molar-refractivity contribution in [2.24, 2.45) is 0 Å². The van der Waals surface area contributed by atoms with Gasteiger partial charge in [-0.05, 0) is 65.7 Å². The van der Waals surface area contributed by atoms with E-state index in [1.807, 2.05) is 22.4 Å². The number of unbranched alkanes of at least 4 members (excludes halogenated alkanes) is 1. The van der Waals surface area contributed by atoms with E-state index in [9.17, 15) is 14.0 Å². The van der Waals surface area contributed by atoms with E-state index in [4.69, 9.17) is 0 Å². The Bertz CT molecular complexity index is 1130. The summed E-state index contributed by atoms with van der Waals surface area (Å²) < 4.78 is 14.4. The number of rotatable bonds is 7. The quantitative estimate of drug-likeness (QED) is 0.373. The number of hydrogen-bond acceptors (Lipinski definition) is 3. The highest BCUT2D eigenvalue weighted by atomic mass is 79.9. The van der Waals surface area contributed by atoms with Gasteiger partial charge in [0.05, 0.1) is 6.04 Å². The highest BCUT2D eigenvalue weighted by Crippen LogP contribution is 2.38. The first-order valence-electron chi connectivity index (χ1n) is 11.1. The maximum Gasteiger partial charge on any atom is 0.254 e. The molecule has 0 N–H and O–H groups in total. The predicted octanol–water partition coefficient (Wildman–Crippen LogP) is 6.07. The molecule has 0 spiro atoms. The van der Waals surface area contributed by atoms with Gasteiger partial charge < -0.3 is 9.80 Å². The van der Waals surface area contributed by atoms with Gasteiger partial charge in [0.25, 0.3) is 5.91 Å². The molecule has 3 aromatic rings. The van der Waals surface area contributed by atoms with Gasteiger partial charge in [0, 0.05) is 28.0 Å². The van der Waals surface area contributed by atoms with E-state index >= 15 is 0 Å². The molecule has 0 saturated heterocycles. The third-order valence-electron chi connectivity index (χ3n) is 5.94. The minimum absolute atomic E-state index is 0.0164. The molecule has 0 aliphatic carbocycles. The highest BCUT2D eigenvalue weighted by molar-refractivity contribution is 9.10. The fraction of sp³-hybridized carbons (Fsp3) is 0.308. The van der Waals surface area contributed by atoms with Crippen LogP contribution in [0.5, 0.6) is 0 Å². The van der Waals surface area contributed by atoms with Crippen LogP contribution in [-0.4, -0.2) is 41.2 Å². The molecule has 1 aliphatic heterocycles. The Morgan fingerprint density at radius 2 is 1.97 bits per heavy atom. The molecule has 0 bridgehead atoms. The van der Waals surface area contributed by atoms with Crippen molar-refractivity contribution in [2.75, 3.05) is 19.6 Å². The van der Waals surface area contributed by atoms with E-state index in [1.165, 1.54) is 17.0 Å². The van der Waals surface area contributed by atoms with Gasteiger partial charge in [0.1, 0.15) is 12.4 Å². The summed E-state index contributed by atoms with van der Waals surface area (Å²) in [6, 6.07) is 15.4. The fourth-order valence-corrected chi connectivity index (χ4v) is 5.55. The molecular formula is C26H26BrFN2O2S. The summed E-state index contributed by atoms with van der Waals surface area (Å²) in [4.78, 5) is 31.6. The normalized spacial score (nSPS) is 15.2. The Morgan fingerprint density at radius 1 is 1.18 bits per heavy atom. The molecule has 1 aliphatic rings. The third-order valence-corrected chi connectivity index (χ3v) is 7.43. The zero-order valence-electron chi connectivity index (χ0n) is 18.5. The zero-order valence-corrected chi connectivity index (χ0v) is 20.9. The summed E-state index contributed by atoms with van der Waals surface area (Å²) in [6.45, 7) is 3.17. The molecule has 2 heterocycles. The lowest BCUT2D eigenvalue weighted by Gasteiger charge is -2.37. The first kappa shape index (κ1) is 23.6. The van der Waals surface area contributed by atoms with Gasteiger partial charge in [-0.3, -0.25) is 9.59 Å². The van der Waals surface area contributed by atoms with Crippen LogP contribution in [0.3, 0.4) is 0 Å². The topological polar surface area (TPSA) is 40.6 Å². The Balaban J connectivity index is 1.61. The average Bonchev–Trinajstić information content (AvgIpc) is 3.30. The number of nitrogens with zero attached hydrogens (tertiary/aromatic N) is 2. The summed E-state index contributed by atoms with van der Waals surface area (Å²) in [6.07, 6.45) is 2.53. The average molecular weight is 529 g/mol. The number of benzene rings is 2.